The molecular formula is C15H20O4. The van der Waals surface area contributed by atoms with Gasteiger partial charge >= 0.3 is 5.97 Å². The van der Waals surface area contributed by atoms with Crippen LogP contribution in [0.4, 0.5) is 0 Å². The Balaban J connectivity index is 2.23. The van der Waals surface area contributed by atoms with E-state index in [0.717, 1.165) is 37.7 Å². The van der Waals surface area contributed by atoms with E-state index in [1.54, 1.807) is 12.1 Å². The summed E-state index contributed by atoms with van der Waals surface area (Å²) in [7, 11) is 1.48. The maximum Gasteiger partial charge on any atom is 0.339 e. The normalized spacial score (nSPS) is 17.4. The van der Waals surface area contributed by atoms with Gasteiger partial charge in [0.2, 0.25) is 0 Å². The molecule has 2 N–H and O–H groups in total. The van der Waals surface area contributed by atoms with Crippen LogP contribution in [0.25, 0.3) is 0 Å². The van der Waals surface area contributed by atoms with E-state index in [2.05, 4.69) is 0 Å². The first-order valence-corrected chi connectivity index (χ1v) is 6.61. The summed E-state index contributed by atoms with van der Waals surface area (Å²) in [6.07, 6.45) is 5.16. The fourth-order valence-electron chi connectivity index (χ4n) is 2.97. The van der Waals surface area contributed by atoms with Crippen LogP contribution in [0.15, 0.2) is 18.2 Å². The van der Waals surface area contributed by atoms with E-state index in [1.165, 1.54) is 7.11 Å². The molecule has 1 saturated carbocycles. The first-order chi connectivity index (χ1) is 9.10. The third-order valence-corrected chi connectivity index (χ3v) is 4.08. The van der Waals surface area contributed by atoms with Gasteiger partial charge in [0.15, 0.2) is 0 Å². The second kappa shape index (κ2) is 5.61. The Morgan fingerprint density at radius 2 is 2.05 bits per heavy atom. The van der Waals surface area contributed by atoms with Crippen LogP contribution in [0.5, 0.6) is 5.75 Å². The third-order valence-electron chi connectivity index (χ3n) is 4.08. The van der Waals surface area contributed by atoms with Crippen molar-refractivity contribution < 1.29 is 19.7 Å². The molecule has 19 heavy (non-hydrogen) atoms. The number of benzene rings is 1. The maximum absolute atomic E-state index is 11.0. The lowest BCUT2D eigenvalue weighted by Crippen LogP contribution is -2.24. The molecule has 4 nitrogen and oxygen atoms in total. The molecule has 1 aliphatic carbocycles. The van der Waals surface area contributed by atoms with Crippen molar-refractivity contribution >= 4 is 5.97 Å². The lowest BCUT2D eigenvalue weighted by molar-refractivity contribution is 0.0693. The van der Waals surface area contributed by atoms with E-state index in [4.69, 9.17) is 9.84 Å². The van der Waals surface area contributed by atoms with Gasteiger partial charge in [0.25, 0.3) is 0 Å². The first-order valence-electron chi connectivity index (χ1n) is 6.61. The van der Waals surface area contributed by atoms with Crippen LogP contribution in [-0.4, -0.2) is 29.9 Å². The standard InChI is InChI=1S/C15H20O4/c1-19-13-8-11(4-5-12(13)14(17)18)9-15(10-16)6-2-3-7-15/h4-5,8,16H,2-3,6-7,9-10H2,1H3,(H,17,18). The number of rotatable bonds is 5. The fourth-order valence-corrected chi connectivity index (χ4v) is 2.97. The lowest BCUT2D eigenvalue weighted by atomic mass is 9.80. The molecule has 1 aliphatic rings. The summed E-state index contributed by atoms with van der Waals surface area (Å²) in [6.45, 7) is 0.190. The molecule has 0 saturated heterocycles. The van der Waals surface area contributed by atoms with Gasteiger partial charge in [-0.05, 0) is 42.4 Å². The Bertz CT molecular complexity index is 461. The zero-order chi connectivity index (χ0) is 13.9. The van der Waals surface area contributed by atoms with Crippen LogP contribution in [0.2, 0.25) is 0 Å². The predicted molar refractivity (Wildman–Crippen MR) is 71.6 cm³/mol. The summed E-state index contributed by atoms with van der Waals surface area (Å²) in [5, 5.41) is 18.7. The predicted octanol–water partition coefficient (Wildman–Crippen LogP) is 2.49. The van der Waals surface area contributed by atoms with Crippen LogP contribution in [0.3, 0.4) is 0 Å². The first kappa shape index (κ1) is 13.9. The number of ether oxygens (including phenoxy) is 1. The van der Waals surface area contributed by atoms with Crippen LogP contribution in [0, 0.1) is 5.41 Å². The van der Waals surface area contributed by atoms with Crippen molar-refractivity contribution in [3.63, 3.8) is 0 Å². The van der Waals surface area contributed by atoms with E-state index in [1.807, 2.05) is 6.07 Å². The Morgan fingerprint density at radius 1 is 1.37 bits per heavy atom. The monoisotopic (exact) mass is 264 g/mol. The minimum atomic E-state index is -0.985. The molecule has 4 heteroatoms. The summed E-state index contributed by atoms with van der Waals surface area (Å²) < 4.78 is 5.14. The van der Waals surface area contributed by atoms with Gasteiger partial charge in [0, 0.05) is 6.61 Å². The number of methoxy groups -OCH3 is 1. The molecule has 0 aromatic heterocycles. The highest BCUT2D eigenvalue weighted by Crippen LogP contribution is 2.41. The van der Waals surface area contributed by atoms with Gasteiger partial charge < -0.3 is 14.9 Å². The molecule has 1 fully saturated rings. The second-order valence-electron chi connectivity index (χ2n) is 5.38. The molecule has 1 aromatic rings. The van der Waals surface area contributed by atoms with Gasteiger partial charge in [-0.15, -0.1) is 0 Å². The minimum Gasteiger partial charge on any atom is -0.496 e. The van der Waals surface area contributed by atoms with E-state index in [9.17, 15) is 9.90 Å². The number of aromatic carboxylic acids is 1. The zero-order valence-corrected chi connectivity index (χ0v) is 11.2. The number of hydrogen-bond donors (Lipinski definition) is 2. The molecule has 0 aliphatic heterocycles. The van der Waals surface area contributed by atoms with Gasteiger partial charge in [-0.3, -0.25) is 0 Å². The van der Waals surface area contributed by atoms with E-state index >= 15 is 0 Å². The van der Waals surface area contributed by atoms with Crippen molar-refractivity contribution in [3.8, 4) is 5.75 Å². The van der Waals surface area contributed by atoms with Gasteiger partial charge in [0.05, 0.1) is 7.11 Å². The molecule has 0 amide bonds. The summed E-state index contributed by atoms with van der Waals surface area (Å²) in [4.78, 5) is 11.0. The molecule has 1 aromatic carbocycles. The van der Waals surface area contributed by atoms with Crippen LogP contribution in [0.1, 0.15) is 41.6 Å². The summed E-state index contributed by atoms with van der Waals surface area (Å²) in [5.74, 6) is -0.600. The maximum atomic E-state index is 11.0. The quantitative estimate of drug-likeness (QED) is 0.857. The Labute approximate surface area is 113 Å². The minimum absolute atomic E-state index is 0.0320. The Morgan fingerprint density at radius 3 is 2.58 bits per heavy atom. The average molecular weight is 264 g/mol. The fraction of sp³-hybridized carbons (Fsp3) is 0.533. The highest BCUT2D eigenvalue weighted by molar-refractivity contribution is 5.90. The van der Waals surface area contributed by atoms with Crippen molar-refractivity contribution in [2.75, 3.05) is 13.7 Å². The van der Waals surface area contributed by atoms with Gasteiger partial charge in [-0.25, -0.2) is 4.79 Å². The molecule has 2 rings (SSSR count). The Kier molecular flexibility index (Phi) is 4.10. The zero-order valence-electron chi connectivity index (χ0n) is 11.2. The lowest BCUT2D eigenvalue weighted by Gasteiger charge is -2.26. The number of aliphatic hydroxyl groups is 1. The van der Waals surface area contributed by atoms with Crippen molar-refractivity contribution in [1.82, 2.24) is 0 Å². The van der Waals surface area contributed by atoms with E-state index in [0.29, 0.717) is 5.75 Å². The topological polar surface area (TPSA) is 66.8 Å². The van der Waals surface area contributed by atoms with E-state index < -0.39 is 5.97 Å². The summed E-state index contributed by atoms with van der Waals surface area (Å²) in [5.41, 5.74) is 1.17. The third kappa shape index (κ3) is 2.89. The van der Waals surface area contributed by atoms with Crippen molar-refractivity contribution in [3.05, 3.63) is 29.3 Å². The van der Waals surface area contributed by atoms with Crippen LogP contribution >= 0.6 is 0 Å². The molecule has 0 unspecified atom stereocenters. The van der Waals surface area contributed by atoms with Crippen molar-refractivity contribution in [1.29, 1.82) is 0 Å². The smallest absolute Gasteiger partial charge is 0.339 e. The van der Waals surface area contributed by atoms with Gasteiger partial charge in [-0.2, -0.15) is 0 Å². The molecular weight excluding hydrogens is 244 g/mol. The largest absolute Gasteiger partial charge is 0.496 e. The van der Waals surface area contributed by atoms with E-state index in [-0.39, 0.29) is 17.6 Å². The average Bonchev–Trinajstić information content (AvgIpc) is 2.87. The number of carbonyl (C=O) groups is 1. The second-order valence-corrected chi connectivity index (χ2v) is 5.38. The van der Waals surface area contributed by atoms with Crippen LogP contribution in [-0.2, 0) is 6.42 Å². The molecule has 0 atom stereocenters. The van der Waals surface area contributed by atoms with Gasteiger partial charge in [0.1, 0.15) is 11.3 Å². The highest BCUT2D eigenvalue weighted by Gasteiger charge is 2.33. The Hall–Kier alpha value is -1.55. The summed E-state index contributed by atoms with van der Waals surface area (Å²) in [6, 6.07) is 5.18. The SMILES string of the molecule is COc1cc(CC2(CO)CCCC2)ccc1C(=O)O. The molecule has 0 bridgehead atoms. The molecule has 0 spiro atoms. The van der Waals surface area contributed by atoms with Gasteiger partial charge in [-0.1, -0.05) is 18.9 Å². The number of aliphatic hydroxyl groups excluding tert-OH is 1. The highest BCUT2D eigenvalue weighted by atomic mass is 16.5. The van der Waals surface area contributed by atoms with Crippen molar-refractivity contribution in [2.45, 2.75) is 32.1 Å². The number of carboxylic acid groups (broad SMARTS) is 1. The summed E-state index contributed by atoms with van der Waals surface area (Å²) >= 11 is 0. The molecule has 104 valence electrons. The number of hydrogen-bond acceptors (Lipinski definition) is 3. The van der Waals surface area contributed by atoms with Crippen LogP contribution < -0.4 is 4.74 Å². The number of carboxylic acids is 1. The molecule has 0 heterocycles. The van der Waals surface area contributed by atoms with Crippen molar-refractivity contribution in [2.24, 2.45) is 5.41 Å². The molecule has 0 radical (unpaired) electrons.